The van der Waals surface area contributed by atoms with E-state index in [1.54, 1.807) is 12.4 Å². The second-order valence-corrected chi connectivity index (χ2v) is 6.71. The van der Waals surface area contributed by atoms with Crippen LogP contribution in [0.2, 0.25) is 0 Å². The van der Waals surface area contributed by atoms with Gasteiger partial charge in [-0.05, 0) is 24.3 Å². The molecule has 0 bridgehead atoms. The van der Waals surface area contributed by atoms with Crippen molar-refractivity contribution in [2.75, 3.05) is 31.1 Å². The molecule has 144 valence electrons. The molecular weight excluding hydrogens is 366 g/mol. The molecule has 4 aromatic rings. The summed E-state index contributed by atoms with van der Waals surface area (Å²) in [4.78, 5) is 15.8. The van der Waals surface area contributed by atoms with E-state index in [9.17, 15) is 0 Å². The average Bonchev–Trinajstić information content (AvgIpc) is 3.31. The molecule has 0 aliphatic carbocycles. The summed E-state index contributed by atoms with van der Waals surface area (Å²) in [5.41, 5.74) is 2.99. The van der Waals surface area contributed by atoms with Crippen molar-refractivity contribution < 1.29 is 4.42 Å². The fourth-order valence-corrected chi connectivity index (χ4v) is 3.25. The van der Waals surface area contributed by atoms with Crippen LogP contribution in [0.25, 0.3) is 34.3 Å². The number of benzene rings is 1. The first kappa shape index (κ1) is 17.4. The van der Waals surface area contributed by atoms with Gasteiger partial charge in [-0.3, -0.25) is 4.98 Å². The second-order valence-electron chi connectivity index (χ2n) is 6.71. The molecule has 1 aromatic carbocycles. The zero-order chi connectivity index (χ0) is 19.5. The topological polar surface area (TPSA) is 92.9 Å². The highest BCUT2D eigenvalue weighted by Gasteiger charge is 2.14. The normalized spacial score (nSPS) is 14.1. The van der Waals surface area contributed by atoms with Gasteiger partial charge in [0, 0.05) is 43.5 Å². The Balaban J connectivity index is 1.39. The van der Waals surface area contributed by atoms with Gasteiger partial charge in [-0.1, -0.05) is 18.2 Å². The first-order valence-electron chi connectivity index (χ1n) is 9.50. The lowest BCUT2D eigenvalue weighted by molar-refractivity contribution is 0.582. The molecule has 0 atom stereocenters. The van der Waals surface area contributed by atoms with E-state index in [2.05, 4.69) is 35.4 Å². The minimum Gasteiger partial charge on any atom is -0.415 e. The van der Waals surface area contributed by atoms with Crippen LogP contribution in [-0.4, -0.2) is 51.3 Å². The smallest absolute Gasteiger partial charge is 0.268 e. The predicted molar refractivity (Wildman–Crippen MR) is 109 cm³/mol. The Morgan fingerprint density at radius 2 is 1.59 bits per heavy atom. The molecule has 1 fully saturated rings. The SMILES string of the molecule is c1ccc(-c2nnc(-c3cncc(-c4ccc(N5CCNCC5)nc4)n3)o2)cc1. The molecule has 8 heteroatoms. The summed E-state index contributed by atoms with van der Waals surface area (Å²) in [6.07, 6.45) is 5.15. The van der Waals surface area contributed by atoms with Crippen LogP contribution in [-0.2, 0) is 0 Å². The number of rotatable bonds is 4. The number of hydrogen-bond acceptors (Lipinski definition) is 8. The van der Waals surface area contributed by atoms with Crippen LogP contribution in [0.4, 0.5) is 5.82 Å². The van der Waals surface area contributed by atoms with Crippen LogP contribution in [0.1, 0.15) is 0 Å². The summed E-state index contributed by atoms with van der Waals surface area (Å²) >= 11 is 0. The van der Waals surface area contributed by atoms with Crippen molar-refractivity contribution in [1.82, 2.24) is 30.5 Å². The van der Waals surface area contributed by atoms with Gasteiger partial charge < -0.3 is 14.6 Å². The van der Waals surface area contributed by atoms with E-state index in [-0.39, 0.29) is 0 Å². The maximum absolute atomic E-state index is 5.79. The molecule has 4 heterocycles. The van der Waals surface area contributed by atoms with Crippen molar-refractivity contribution in [2.24, 2.45) is 0 Å². The third-order valence-electron chi connectivity index (χ3n) is 4.78. The van der Waals surface area contributed by atoms with Gasteiger partial charge in [0.05, 0.1) is 18.1 Å². The fraction of sp³-hybridized carbons (Fsp3) is 0.190. The highest BCUT2D eigenvalue weighted by molar-refractivity contribution is 5.62. The van der Waals surface area contributed by atoms with Crippen LogP contribution in [0, 0.1) is 0 Å². The van der Waals surface area contributed by atoms with E-state index in [0.29, 0.717) is 23.2 Å². The highest BCUT2D eigenvalue weighted by Crippen LogP contribution is 2.25. The zero-order valence-electron chi connectivity index (χ0n) is 15.7. The third kappa shape index (κ3) is 3.70. The van der Waals surface area contributed by atoms with Crippen LogP contribution in [0.5, 0.6) is 0 Å². The molecule has 3 aromatic heterocycles. The van der Waals surface area contributed by atoms with E-state index in [1.807, 2.05) is 48.7 Å². The highest BCUT2D eigenvalue weighted by atomic mass is 16.4. The molecule has 1 aliphatic heterocycles. The molecule has 5 rings (SSSR count). The van der Waals surface area contributed by atoms with E-state index in [0.717, 1.165) is 43.1 Å². The van der Waals surface area contributed by atoms with Gasteiger partial charge in [0.1, 0.15) is 11.5 Å². The number of anilines is 1. The van der Waals surface area contributed by atoms with Gasteiger partial charge in [-0.15, -0.1) is 10.2 Å². The van der Waals surface area contributed by atoms with Gasteiger partial charge >= 0.3 is 0 Å². The Kier molecular flexibility index (Phi) is 4.67. The molecule has 29 heavy (non-hydrogen) atoms. The first-order valence-corrected chi connectivity index (χ1v) is 9.50. The maximum Gasteiger partial charge on any atom is 0.268 e. The predicted octanol–water partition coefficient (Wildman–Crippen LogP) is 2.67. The lowest BCUT2D eigenvalue weighted by atomic mass is 10.2. The van der Waals surface area contributed by atoms with Crippen molar-refractivity contribution in [3.8, 4) is 34.3 Å². The standard InChI is InChI=1S/C21H19N7O/c1-2-4-15(5-3-1)20-26-27-21(29-20)18-14-23-13-17(25-18)16-6-7-19(24-12-16)28-10-8-22-9-11-28/h1-7,12-14,22H,8-11H2. The second kappa shape index (κ2) is 7.76. The molecule has 0 unspecified atom stereocenters. The fourth-order valence-electron chi connectivity index (χ4n) is 3.25. The van der Waals surface area contributed by atoms with Crippen LogP contribution < -0.4 is 10.2 Å². The van der Waals surface area contributed by atoms with Crippen LogP contribution in [0.3, 0.4) is 0 Å². The number of nitrogens with zero attached hydrogens (tertiary/aromatic N) is 6. The zero-order valence-corrected chi connectivity index (χ0v) is 15.7. The van der Waals surface area contributed by atoms with Gasteiger partial charge in [0.2, 0.25) is 5.89 Å². The summed E-state index contributed by atoms with van der Waals surface area (Å²) in [6.45, 7) is 3.88. The molecule has 1 N–H and O–H groups in total. The van der Waals surface area contributed by atoms with Gasteiger partial charge in [-0.25, -0.2) is 9.97 Å². The minimum atomic E-state index is 0.337. The average molecular weight is 385 g/mol. The van der Waals surface area contributed by atoms with Crippen molar-refractivity contribution in [1.29, 1.82) is 0 Å². The molecule has 1 saturated heterocycles. The Morgan fingerprint density at radius 3 is 2.38 bits per heavy atom. The van der Waals surface area contributed by atoms with Crippen molar-refractivity contribution in [2.45, 2.75) is 0 Å². The van der Waals surface area contributed by atoms with Crippen molar-refractivity contribution >= 4 is 5.82 Å². The maximum atomic E-state index is 5.79. The number of nitrogens with one attached hydrogen (secondary N) is 1. The molecular formula is C21H19N7O. The Morgan fingerprint density at radius 1 is 0.793 bits per heavy atom. The number of aromatic nitrogens is 5. The van der Waals surface area contributed by atoms with E-state index in [4.69, 9.17) is 4.42 Å². The third-order valence-corrected chi connectivity index (χ3v) is 4.78. The van der Waals surface area contributed by atoms with Gasteiger partial charge in [0.15, 0.2) is 0 Å². The molecule has 0 radical (unpaired) electrons. The van der Waals surface area contributed by atoms with E-state index in [1.165, 1.54) is 0 Å². The molecule has 0 spiro atoms. The number of hydrogen-bond donors (Lipinski definition) is 1. The Hall–Kier alpha value is -3.65. The molecule has 0 amide bonds. The van der Waals surface area contributed by atoms with E-state index < -0.39 is 0 Å². The first-order chi connectivity index (χ1) is 14.4. The summed E-state index contributed by atoms with van der Waals surface area (Å²) in [5, 5.41) is 11.6. The lowest BCUT2D eigenvalue weighted by Gasteiger charge is -2.28. The Labute approximate surface area is 167 Å². The van der Waals surface area contributed by atoms with E-state index >= 15 is 0 Å². The summed E-state index contributed by atoms with van der Waals surface area (Å²) in [6, 6.07) is 13.7. The van der Waals surface area contributed by atoms with Crippen molar-refractivity contribution in [3.63, 3.8) is 0 Å². The van der Waals surface area contributed by atoms with Crippen LogP contribution in [0.15, 0.2) is 65.5 Å². The molecule has 8 nitrogen and oxygen atoms in total. The lowest BCUT2D eigenvalue weighted by Crippen LogP contribution is -2.43. The summed E-state index contributed by atoms with van der Waals surface area (Å²) < 4.78 is 5.79. The van der Waals surface area contributed by atoms with Gasteiger partial charge in [0.25, 0.3) is 5.89 Å². The summed E-state index contributed by atoms with van der Waals surface area (Å²) in [5.74, 6) is 1.77. The monoisotopic (exact) mass is 385 g/mol. The Bertz CT molecular complexity index is 1090. The summed E-state index contributed by atoms with van der Waals surface area (Å²) in [7, 11) is 0. The van der Waals surface area contributed by atoms with Crippen LogP contribution >= 0.6 is 0 Å². The number of pyridine rings is 1. The minimum absolute atomic E-state index is 0.337. The molecule has 1 aliphatic rings. The van der Waals surface area contributed by atoms with Crippen molar-refractivity contribution in [3.05, 3.63) is 61.1 Å². The number of piperazine rings is 1. The largest absolute Gasteiger partial charge is 0.415 e. The quantitative estimate of drug-likeness (QED) is 0.573. The van der Waals surface area contributed by atoms with Gasteiger partial charge in [-0.2, -0.15) is 0 Å². The molecule has 0 saturated carbocycles.